The SMILES string of the molecule is [N-]=[N+]=N[C@]1(CO)C[C@@H](n2ccc(N)nc2=O)[C@H](O)[C@@H]1O. The van der Waals surface area contributed by atoms with Crippen molar-refractivity contribution >= 4 is 5.82 Å². The van der Waals surface area contributed by atoms with E-state index < -0.39 is 36.1 Å². The van der Waals surface area contributed by atoms with E-state index in [9.17, 15) is 20.1 Å². The molecule has 1 heterocycles. The van der Waals surface area contributed by atoms with Gasteiger partial charge in [-0.05, 0) is 18.0 Å². The molecule has 20 heavy (non-hydrogen) atoms. The van der Waals surface area contributed by atoms with Crippen molar-refractivity contribution in [2.75, 3.05) is 12.3 Å². The lowest BCUT2D eigenvalue weighted by Crippen LogP contribution is -2.43. The minimum Gasteiger partial charge on any atom is -0.396 e. The number of aliphatic hydroxyl groups excluding tert-OH is 3. The van der Waals surface area contributed by atoms with E-state index in [-0.39, 0.29) is 12.2 Å². The van der Waals surface area contributed by atoms with Crippen molar-refractivity contribution in [1.82, 2.24) is 9.55 Å². The number of nitrogen functional groups attached to an aromatic ring is 1. The first-order valence-electron chi connectivity index (χ1n) is 5.83. The summed E-state index contributed by atoms with van der Waals surface area (Å²) in [6, 6.07) is 0.496. The van der Waals surface area contributed by atoms with Crippen molar-refractivity contribution in [1.29, 1.82) is 0 Å². The van der Waals surface area contributed by atoms with Gasteiger partial charge in [-0.3, -0.25) is 4.57 Å². The van der Waals surface area contributed by atoms with Gasteiger partial charge in [-0.2, -0.15) is 4.98 Å². The van der Waals surface area contributed by atoms with E-state index in [1.807, 2.05) is 0 Å². The fourth-order valence-corrected chi connectivity index (χ4v) is 2.45. The molecule has 0 saturated heterocycles. The summed E-state index contributed by atoms with van der Waals surface area (Å²) in [7, 11) is 0. The second-order valence-corrected chi connectivity index (χ2v) is 4.70. The van der Waals surface area contributed by atoms with Gasteiger partial charge in [-0.1, -0.05) is 5.11 Å². The summed E-state index contributed by atoms with van der Waals surface area (Å²) >= 11 is 0. The minimum absolute atomic E-state index is 0.0303. The van der Waals surface area contributed by atoms with Gasteiger partial charge in [0.25, 0.3) is 0 Å². The quantitative estimate of drug-likeness (QED) is 0.299. The normalized spacial score (nSPS) is 32.9. The maximum Gasteiger partial charge on any atom is 0.349 e. The third-order valence-corrected chi connectivity index (χ3v) is 3.56. The molecule has 1 saturated carbocycles. The molecular formula is C10H14N6O4. The molecule has 1 aliphatic rings. The van der Waals surface area contributed by atoms with Crippen LogP contribution in [0.1, 0.15) is 12.5 Å². The van der Waals surface area contributed by atoms with Gasteiger partial charge < -0.3 is 21.1 Å². The summed E-state index contributed by atoms with van der Waals surface area (Å²) in [6.45, 7) is -0.650. The number of aliphatic hydroxyl groups is 3. The molecule has 1 aromatic rings. The van der Waals surface area contributed by atoms with Gasteiger partial charge in [-0.15, -0.1) is 0 Å². The summed E-state index contributed by atoms with van der Waals surface area (Å²) in [6.07, 6.45) is -1.63. The summed E-state index contributed by atoms with van der Waals surface area (Å²) in [5, 5.41) is 32.8. The molecule has 4 atom stereocenters. The number of hydrogen-bond donors (Lipinski definition) is 4. The second kappa shape index (κ2) is 5.10. The van der Waals surface area contributed by atoms with Crippen LogP contribution in [0.5, 0.6) is 0 Å². The molecule has 0 amide bonds. The first-order chi connectivity index (χ1) is 9.45. The molecule has 0 bridgehead atoms. The van der Waals surface area contributed by atoms with E-state index in [1.165, 1.54) is 12.3 Å². The van der Waals surface area contributed by atoms with Crippen LogP contribution >= 0.6 is 0 Å². The van der Waals surface area contributed by atoms with Crippen LogP contribution in [0.2, 0.25) is 0 Å². The van der Waals surface area contributed by atoms with Gasteiger partial charge in [0, 0.05) is 11.1 Å². The number of rotatable bonds is 3. The maximum absolute atomic E-state index is 11.7. The number of azide groups is 1. The Morgan fingerprint density at radius 1 is 1.65 bits per heavy atom. The monoisotopic (exact) mass is 282 g/mol. The Hall–Kier alpha value is -2.13. The largest absolute Gasteiger partial charge is 0.396 e. The zero-order chi connectivity index (χ0) is 14.9. The van der Waals surface area contributed by atoms with Gasteiger partial charge in [0.2, 0.25) is 0 Å². The lowest BCUT2D eigenvalue weighted by molar-refractivity contribution is -0.0144. The van der Waals surface area contributed by atoms with Crippen LogP contribution in [0.25, 0.3) is 10.4 Å². The van der Waals surface area contributed by atoms with Crippen LogP contribution in [0.4, 0.5) is 5.82 Å². The smallest absolute Gasteiger partial charge is 0.349 e. The third-order valence-electron chi connectivity index (χ3n) is 3.56. The molecule has 10 heteroatoms. The highest BCUT2D eigenvalue weighted by atomic mass is 16.3. The van der Waals surface area contributed by atoms with Gasteiger partial charge in [0.15, 0.2) is 0 Å². The fraction of sp³-hybridized carbons (Fsp3) is 0.600. The molecule has 5 N–H and O–H groups in total. The van der Waals surface area contributed by atoms with Crippen molar-refractivity contribution in [3.05, 3.63) is 33.2 Å². The van der Waals surface area contributed by atoms with Gasteiger partial charge in [0.1, 0.15) is 17.5 Å². The Balaban J connectivity index is 2.45. The van der Waals surface area contributed by atoms with Crippen LogP contribution in [-0.2, 0) is 0 Å². The van der Waals surface area contributed by atoms with Crippen LogP contribution in [-0.4, -0.2) is 49.2 Å². The average Bonchev–Trinajstić information content (AvgIpc) is 2.65. The average molecular weight is 282 g/mol. The number of nitrogens with zero attached hydrogens (tertiary/aromatic N) is 5. The number of hydrogen-bond acceptors (Lipinski definition) is 7. The topological polar surface area (TPSA) is 170 Å². The highest BCUT2D eigenvalue weighted by molar-refractivity contribution is 5.24. The zero-order valence-electron chi connectivity index (χ0n) is 10.4. The first kappa shape index (κ1) is 14.3. The van der Waals surface area contributed by atoms with Crippen molar-refractivity contribution < 1.29 is 15.3 Å². The number of nitrogens with two attached hydrogens (primary N) is 1. The van der Waals surface area contributed by atoms with Crippen LogP contribution in [0.3, 0.4) is 0 Å². The minimum atomic E-state index is -1.57. The van der Waals surface area contributed by atoms with Crippen LogP contribution in [0, 0.1) is 0 Å². The van der Waals surface area contributed by atoms with E-state index in [0.717, 1.165) is 4.57 Å². The van der Waals surface area contributed by atoms with Crippen LogP contribution < -0.4 is 11.4 Å². The molecule has 0 unspecified atom stereocenters. The highest BCUT2D eigenvalue weighted by Crippen LogP contribution is 2.40. The Bertz CT molecular complexity index is 612. The standard InChI is InChI=1S/C10H14N6O4/c11-6-1-2-16(9(20)13-6)5-3-10(4-17,14-15-12)8(19)7(5)18/h1-2,5,7-8,17-19H,3-4H2,(H2,11,13,20)/t5-,7+,8+,10+/m1/s1. The van der Waals surface area contributed by atoms with Crippen molar-refractivity contribution in [3.63, 3.8) is 0 Å². The summed E-state index contributed by atoms with van der Waals surface area (Å²) in [5.41, 5.74) is 11.6. The Kier molecular flexibility index (Phi) is 3.64. The van der Waals surface area contributed by atoms with Gasteiger partial charge >= 0.3 is 5.69 Å². The summed E-state index contributed by atoms with van der Waals surface area (Å²) < 4.78 is 1.09. The molecule has 10 nitrogen and oxygen atoms in total. The lowest BCUT2D eigenvalue weighted by atomic mass is 9.97. The predicted molar refractivity (Wildman–Crippen MR) is 67.5 cm³/mol. The van der Waals surface area contributed by atoms with E-state index in [4.69, 9.17) is 11.3 Å². The third kappa shape index (κ3) is 2.10. The Morgan fingerprint density at radius 3 is 2.90 bits per heavy atom. The molecule has 0 aromatic carbocycles. The van der Waals surface area contributed by atoms with E-state index in [2.05, 4.69) is 15.0 Å². The highest BCUT2D eigenvalue weighted by Gasteiger charge is 2.53. The summed E-state index contributed by atoms with van der Waals surface area (Å²) in [5.74, 6) is 0.0303. The first-order valence-corrected chi connectivity index (χ1v) is 5.83. The molecule has 1 aromatic heterocycles. The number of aromatic nitrogens is 2. The van der Waals surface area contributed by atoms with Crippen molar-refractivity contribution in [2.24, 2.45) is 5.11 Å². The van der Waals surface area contributed by atoms with E-state index >= 15 is 0 Å². The maximum atomic E-state index is 11.7. The molecule has 0 spiro atoms. The summed E-state index contributed by atoms with van der Waals surface area (Å²) in [4.78, 5) is 17.9. The second-order valence-electron chi connectivity index (χ2n) is 4.70. The molecular weight excluding hydrogens is 268 g/mol. The molecule has 1 fully saturated rings. The Labute approximate surface area is 112 Å². The zero-order valence-corrected chi connectivity index (χ0v) is 10.4. The van der Waals surface area contributed by atoms with Gasteiger partial charge in [-0.25, -0.2) is 4.79 Å². The van der Waals surface area contributed by atoms with Crippen LogP contribution in [0.15, 0.2) is 22.2 Å². The van der Waals surface area contributed by atoms with Crippen molar-refractivity contribution in [2.45, 2.75) is 30.2 Å². The fourth-order valence-electron chi connectivity index (χ4n) is 2.45. The molecule has 0 radical (unpaired) electrons. The van der Waals surface area contributed by atoms with Crippen molar-refractivity contribution in [3.8, 4) is 0 Å². The van der Waals surface area contributed by atoms with Gasteiger partial charge in [0.05, 0.1) is 18.8 Å². The Morgan fingerprint density at radius 2 is 2.35 bits per heavy atom. The molecule has 0 aliphatic heterocycles. The van der Waals surface area contributed by atoms with E-state index in [0.29, 0.717) is 0 Å². The molecule has 2 rings (SSSR count). The number of anilines is 1. The molecule has 1 aliphatic carbocycles. The predicted octanol–water partition coefficient (Wildman–Crippen LogP) is -1.47. The molecule has 108 valence electrons. The lowest BCUT2D eigenvalue weighted by Gasteiger charge is -2.24. The van der Waals surface area contributed by atoms with E-state index in [1.54, 1.807) is 0 Å².